The number of hydrogen-bond donors (Lipinski definition) is 1. The third kappa shape index (κ3) is 4.55. The first-order chi connectivity index (χ1) is 9.28. The molecule has 0 heterocycles. The maximum atomic E-state index is 11.9. The van der Waals surface area contributed by atoms with E-state index in [-0.39, 0.29) is 5.91 Å². The fourth-order valence-electron chi connectivity index (χ4n) is 2.42. The van der Waals surface area contributed by atoms with E-state index in [1.807, 2.05) is 0 Å². The van der Waals surface area contributed by atoms with Gasteiger partial charge in [-0.2, -0.15) is 0 Å². The van der Waals surface area contributed by atoms with Gasteiger partial charge in [-0.15, -0.1) is 0 Å². The van der Waals surface area contributed by atoms with E-state index in [1.54, 1.807) is 0 Å². The Morgan fingerprint density at radius 3 is 2.53 bits per heavy atom. The summed E-state index contributed by atoms with van der Waals surface area (Å²) in [5.41, 5.74) is 3.80. The fourth-order valence-corrected chi connectivity index (χ4v) is 2.42. The van der Waals surface area contributed by atoms with Gasteiger partial charge in [0.1, 0.15) is 0 Å². The molecule has 1 aliphatic rings. The third-order valence-electron chi connectivity index (χ3n) is 3.69. The van der Waals surface area contributed by atoms with E-state index in [1.165, 1.54) is 30.4 Å². The van der Waals surface area contributed by atoms with Gasteiger partial charge in [0.15, 0.2) is 0 Å². The second-order valence-corrected chi connectivity index (χ2v) is 5.23. The molecule has 2 heteroatoms. The Hall–Kier alpha value is -1.57. The Bertz CT molecular complexity index is 445. The zero-order chi connectivity index (χ0) is 13.5. The van der Waals surface area contributed by atoms with Crippen molar-refractivity contribution in [3.63, 3.8) is 0 Å². The molecule has 1 aliphatic carbocycles. The SMILES string of the molecule is CCc1ccc(CC(=O)NCC2=CCCCC2)cc1. The number of nitrogens with one attached hydrogen (secondary N) is 1. The molecule has 0 radical (unpaired) electrons. The lowest BCUT2D eigenvalue weighted by atomic mass is 9.99. The predicted molar refractivity (Wildman–Crippen MR) is 79.1 cm³/mol. The van der Waals surface area contributed by atoms with Gasteiger partial charge < -0.3 is 5.32 Å². The van der Waals surface area contributed by atoms with Crippen LogP contribution in [-0.4, -0.2) is 12.5 Å². The first-order valence-electron chi connectivity index (χ1n) is 7.30. The van der Waals surface area contributed by atoms with Crippen LogP contribution in [0.3, 0.4) is 0 Å². The smallest absolute Gasteiger partial charge is 0.224 e. The van der Waals surface area contributed by atoms with Crippen LogP contribution in [0.5, 0.6) is 0 Å². The first-order valence-corrected chi connectivity index (χ1v) is 7.30. The van der Waals surface area contributed by atoms with Crippen molar-refractivity contribution < 1.29 is 4.79 Å². The van der Waals surface area contributed by atoms with Gasteiger partial charge >= 0.3 is 0 Å². The lowest BCUT2D eigenvalue weighted by Gasteiger charge is -2.13. The van der Waals surface area contributed by atoms with Crippen molar-refractivity contribution >= 4 is 5.91 Å². The van der Waals surface area contributed by atoms with Crippen LogP contribution in [0.1, 0.15) is 43.7 Å². The van der Waals surface area contributed by atoms with Crippen LogP contribution in [0, 0.1) is 0 Å². The standard InChI is InChI=1S/C17H23NO/c1-2-14-8-10-15(11-9-14)12-17(19)18-13-16-6-4-3-5-7-16/h6,8-11H,2-5,7,12-13H2,1H3,(H,18,19). The van der Waals surface area contributed by atoms with Gasteiger partial charge in [-0.1, -0.05) is 42.8 Å². The highest BCUT2D eigenvalue weighted by molar-refractivity contribution is 5.78. The summed E-state index contributed by atoms with van der Waals surface area (Å²) in [6.45, 7) is 2.87. The van der Waals surface area contributed by atoms with Crippen molar-refractivity contribution in [1.29, 1.82) is 0 Å². The summed E-state index contributed by atoms with van der Waals surface area (Å²) in [6, 6.07) is 8.31. The predicted octanol–water partition coefficient (Wildman–Crippen LogP) is 3.41. The minimum Gasteiger partial charge on any atom is -0.352 e. The number of allylic oxidation sites excluding steroid dienone is 1. The average molecular weight is 257 g/mol. The molecule has 0 unspecified atom stereocenters. The van der Waals surface area contributed by atoms with E-state index in [0.29, 0.717) is 6.42 Å². The summed E-state index contributed by atoms with van der Waals surface area (Å²) in [5, 5.41) is 3.02. The minimum absolute atomic E-state index is 0.121. The van der Waals surface area contributed by atoms with Crippen molar-refractivity contribution in [2.75, 3.05) is 6.54 Å². The lowest BCUT2D eigenvalue weighted by Crippen LogP contribution is -2.27. The first kappa shape index (κ1) is 13.9. The highest BCUT2D eigenvalue weighted by Gasteiger charge is 2.06. The molecule has 0 spiro atoms. The molecular formula is C17H23NO. The van der Waals surface area contributed by atoms with Crippen LogP contribution < -0.4 is 5.32 Å². The van der Waals surface area contributed by atoms with E-state index in [9.17, 15) is 4.79 Å². The van der Waals surface area contributed by atoms with E-state index in [2.05, 4.69) is 42.6 Å². The van der Waals surface area contributed by atoms with Crippen LogP contribution in [0.4, 0.5) is 0 Å². The quantitative estimate of drug-likeness (QED) is 0.805. The number of carbonyl (C=O) groups is 1. The van der Waals surface area contributed by atoms with E-state index in [0.717, 1.165) is 24.9 Å². The molecule has 2 rings (SSSR count). The Morgan fingerprint density at radius 1 is 1.16 bits per heavy atom. The number of benzene rings is 1. The number of rotatable bonds is 5. The maximum absolute atomic E-state index is 11.9. The van der Waals surface area contributed by atoms with Gasteiger partial charge in [0.2, 0.25) is 5.91 Å². The van der Waals surface area contributed by atoms with Crippen LogP contribution in [0.25, 0.3) is 0 Å². The molecule has 102 valence electrons. The molecule has 0 bridgehead atoms. The van der Waals surface area contributed by atoms with Crippen LogP contribution >= 0.6 is 0 Å². The Labute approximate surface area is 115 Å². The van der Waals surface area contributed by atoms with E-state index >= 15 is 0 Å². The summed E-state index contributed by atoms with van der Waals surface area (Å²) in [5.74, 6) is 0.121. The van der Waals surface area contributed by atoms with Crippen LogP contribution in [-0.2, 0) is 17.6 Å². The molecule has 1 N–H and O–H groups in total. The van der Waals surface area contributed by atoms with Crippen molar-refractivity contribution in [2.24, 2.45) is 0 Å². The molecular weight excluding hydrogens is 234 g/mol. The van der Waals surface area contributed by atoms with Gasteiger partial charge in [-0.25, -0.2) is 0 Å². The number of hydrogen-bond acceptors (Lipinski definition) is 1. The minimum atomic E-state index is 0.121. The van der Waals surface area contributed by atoms with Crippen molar-refractivity contribution in [2.45, 2.75) is 45.4 Å². The van der Waals surface area contributed by atoms with Crippen molar-refractivity contribution in [3.05, 3.63) is 47.0 Å². The summed E-state index contributed by atoms with van der Waals surface area (Å²) in [4.78, 5) is 11.9. The summed E-state index contributed by atoms with van der Waals surface area (Å²) < 4.78 is 0. The van der Waals surface area contributed by atoms with Gasteiger partial charge in [0.25, 0.3) is 0 Å². The lowest BCUT2D eigenvalue weighted by molar-refractivity contribution is -0.120. The summed E-state index contributed by atoms with van der Waals surface area (Å²) in [6.07, 6.45) is 8.67. The number of carbonyl (C=O) groups excluding carboxylic acids is 1. The molecule has 0 aromatic heterocycles. The average Bonchev–Trinajstić information content (AvgIpc) is 2.47. The molecule has 2 nitrogen and oxygen atoms in total. The highest BCUT2D eigenvalue weighted by atomic mass is 16.1. The molecule has 1 aromatic carbocycles. The highest BCUT2D eigenvalue weighted by Crippen LogP contribution is 2.16. The largest absolute Gasteiger partial charge is 0.352 e. The van der Waals surface area contributed by atoms with Crippen LogP contribution in [0.15, 0.2) is 35.9 Å². The number of aryl methyl sites for hydroxylation is 1. The van der Waals surface area contributed by atoms with Crippen molar-refractivity contribution in [1.82, 2.24) is 5.32 Å². The second-order valence-electron chi connectivity index (χ2n) is 5.23. The Morgan fingerprint density at radius 2 is 1.89 bits per heavy atom. The third-order valence-corrected chi connectivity index (χ3v) is 3.69. The molecule has 1 aromatic rings. The number of amides is 1. The van der Waals surface area contributed by atoms with E-state index < -0.39 is 0 Å². The van der Waals surface area contributed by atoms with Gasteiger partial charge in [0.05, 0.1) is 6.42 Å². The second kappa shape index (κ2) is 7.13. The van der Waals surface area contributed by atoms with E-state index in [4.69, 9.17) is 0 Å². The monoisotopic (exact) mass is 257 g/mol. The van der Waals surface area contributed by atoms with Gasteiger partial charge in [0, 0.05) is 6.54 Å². The van der Waals surface area contributed by atoms with Crippen molar-refractivity contribution in [3.8, 4) is 0 Å². The maximum Gasteiger partial charge on any atom is 0.224 e. The molecule has 0 saturated carbocycles. The molecule has 0 fully saturated rings. The van der Waals surface area contributed by atoms with Gasteiger partial charge in [-0.05, 0) is 43.2 Å². The molecule has 1 amide bonds. The van der Waals surface area contributed by atoms with Crippen LogP contribution in [0.2, 0.25) is 0 Å². The Balaban J connectivity index is 1.78. The fraction of sp³-hybridized carbons (Fsp3) is 0.471. The Kier molecular flexibility index (Phi) is 5.20. The summed E-state index contributed by atoms with van der Waals surface area (Å²) >= 11 is 0. The zero-order valence-electron chi connectivity index (χ0n) is 11.7. The zero-order valence-corrected chi connectivity index (χ0v) is 11.7. The molecule has 0 aliphatic heterocycles. The topological polar surface area (TPSA) is 29.1 Å². The summed E-state index contributed by atoms with van der Waals surface area (Å²) in [7, 11) is 0. The van der Waals surface area contributed by atoms with Gasteiger partial charge in [-0.3, -0.25) is 4.79 Å². The molecule has 19 heavy (non-hydrogen) atoms. The molecule has 0 saturated heterocycles. The normalized spacial score (nSPS) is 14.9. The molecule has 0 atom stereocenters.